The highest BCUT2D eigenvalue weighted by Gasteiger charge is 2.51. The van der Waals surface area contributed by atoms with Crippen molar-refractivity contribution >= 4 is 11.6 Å². The van der Waals surface area contributed by atoms with Gasteiger partial charge in [-0.25, -0.2) is 0 Å². The third-order valence-electron chi connectivity index (χ3n) is 7.53. The number of rotatable bonds is 5. The Hall–Kier alpha value is -2.69. The monoisotopic (exact) mass is 405 g/mol. The topological polar surface area (TPSA) is 56.8 Å². The number of ether oxygens (including phenoxy) is 3. The average Bonchev–Trinajstić information content (AvgIpc) is 3.19. The van der Waals surface area contributed by atoms with Crippen molar-refractivity contribution in [2.24, 2.45) is 17.8 Å². The number of carbonyl (C=O) groups excluding carboxylic acids is 1. The van der Waals surface area contributed by atoms with Gasteiger partial charge in [0, 0.05) is 11.8 Å². The molecule has 5 nitrogen and oxygen atoms in total. The molecule has 0 aromatic heterocycles. The van der Waals surface area contributed by atoms with Crippen molar-refractivity contribution in [3.8, 4) is 17.2 Å². The van der Waals surface area contributed by atoms with Crippen LogP contribution in [0, 0.1) is 17.8 Å². The Balaban J connectivity index is 1.07. The lowest BCUT2D eigenvalue weighted by atomic mass is 9.48. The Morgan fingerprint density at radius 2 is 1.60 bits per heavy atom. The summed E-state index contributed by atoms with van der Waals surface area (Å²) >= 11 is 0. The summed E-state index contributed by atoms with van der Waals surface area (Å²) in [4.78, 5) is 12.3. The van der Waals surface area contributed by atoms with Gasteiger partial charge in [0.1, 0.15) is 5.75 Å². The smallest absolute Gasteiger partial charge is 0.262 e. The van der Waals surface area contributed by atoms with Gasteiger partial charge in [0.25, 0.3) is 5.91 Å². The van der Waals surface area contributed by atoms with E-state index in [0.717, 1.165) is 23.5 Å². The molecule has 0 radical (unpaired) electrons. The molecule has 5 heteroatoms. The van der Waals surface area contributed by atoms with Crippen molar-refractivity contribution in [3.05, 3.63) is 48.0 Å². The van der Waals surface area contributed by atoms with E-state index in [1.54, 1.807) is 18.2 Å². The Bertz CT molecular complexity index is 932. The van der Waals surface area contributed by atoms with Crippen molar-refractivity contribution in [1.29, 1.82) is 0 Å². The standard InChI is InChI=1S/C25H27NO4/c27-24(26-20-3-6-22-23(10-20)30-15-29-22)14-28-21-4-1-19(2-5-21)25-11-16-7-17(12-25)9-18(8-16)13-25/h1-6,10,16-18H,7-9,11-15H2,(H,26,27). The summed E-state index contributed by atoms with van der Waals surface area (Å²) in [6.07, 6.45) is 8.45. The van der Waals surface area contributed by atoms with E-state index >= 15 is 0 Å². The van der Waals surface area contributed by atoms with E-state index in [0.29, 0.717) is 22.6 Å². The molecule has 4 fully saturated rings. The lowest BCUT2D eigenvalue weighted by Crippen LogP contribution is -2.48. The molecule has 0 atom stereocenters. The van der Waals surface area contributed by atoms with Crippen molar-refractivity contribution in [3.63, 3.8) is 0 Å². The largest absolute Gasteiger partial charge is 0.484 e. The summed E-state index contributed by atoms with van der Waals surface area (Å²) in [6.45, 7) is 0.195. The molecular formula is C25H27NO4. The lowest BCUT2D eigenvalue weighted by molar-refractivity contribution is -0.118. The number of nitrogens with one attached hydrogen (secondary N) is 1. The van der Waals surface area contributed by atoms with Gasteiger partial charge in [-0.1, -0.05) is 12.1 Å². The fraction of sp³-hybridized carbons (Fsp3) is 0.480. The zero-order chi connectivity index (χ0) is 20.1. The van der Waals surface area contributed by atoms with Gasteiger partial charge in [0.05, 0.1) is 0 Å². The van der Waals surface area contributed by atoms with Crippen LogP contribution >= 0.6 is 0 Å². The van der Waals surface area contributed by atoms with Crippen LogP contribution in [0.3, 0.4) is 0 Å². The quantitative estimate of drug-likeness (QED) is 0.769. The Kier molecular flexibility index (Phi) is 4.18. The predicted octanol–water partition coefficient (Wildman–Crippen LogP) is 4.90. The van der Waals surface area contributed by atoms with E-state index in [9.17, 15) is 4.79 Å². The first-order chi connectivity index (χ1) is 14.6. The van der Waals surface area contributed by atoms with Gasteiger partial charge in [-0.2, -0.15) is 0 Å². The second-order valence-electron chi connectivity index (χ2n) is 9.63. The van der Waals surface area contributed by atoms with Gasteiger partial charge in [-0.05, 0) is 91.5 Å². The highest BCUT2D eigenvalue weighted by molar-refractivity contribution is 5.92. The van der Waals surface area contributed by atoms with E-state index < -0.39 is 0 Å². The number of hydrogen-bond donors (Lipinski definition) is 1. The van der Waals surface area contributed by atoms with Crippen LogP contribution in [0.25, 0.3) is 0 Å². The number of benzene rings is 2. The molecule has 1 aliphatic heterocycles. The van der Waals surface area contributed by atoms with Crippen molar-refractivity contribution in [2.75, 3.05) is 18.7 Å². The van der Waals surface area contributed by atoms with E-state index in [-0.39, 0.29) is 19.3 Å². The maximum Gasteiger partial charge on any atom is 0.262 e. The van der Waals surface area contributed by atoms with Gasteiger partial charge in [0.15, 0.2) is 18.1 Å². The maximum absolute atomic E-state index is 12.3. The number of hydrogen-bond acceptors (Lipinski definition) is 4. The highest BCUT2D eigenvalue weighted by Crippen LogP contribution is 2.60. The highest BCUT2D eigenvalue weighted by atomic mass is 16.7. The second kappa shape index (κ2) is 6.93. The molecule has 0 saturated heterocycles. The number of fused-ring (bicyclic) bond motifs is 1. The summed E-state index contributed by atoms with van der Waals surface area (Å²) in [5, 5.41) is 2.84. The molecule has 156 valence electrons. The summed E-state index contributed by atoms with van der Waals surface area (Å²) < 4.78 is 16.4. The minimum absolute atomic E-state index is 0.0227. The molecule has 4 saturated carbocycles. The summed E-state index contributed by atoms with van der Waals surface area (Å²) in [6, 6.07) is 13.9. The molecule has 7 rings (SSSR count). The summed E-state index contributed by atoms with van der Waals surface area (Å²) in [5.74, 6) is 4.70. The van der Waals surface area contributed by atoms with Crippen LogP contribution in [0.4, 0.5) is 5.69 Å². The molecule has 4 bridgehead atoms. The number of anilines is 1. The van der Waals surface area contributed by atoms with Crippen LogP contribution in [-0.2, 0) is 10.2 Å². The van der Waals surface area contributed by atoms with E-state index in [2.05, 4.69) is 17.4 Å². The normalized spacial score (nSPS) is 30.3. The lowest BCUT2D eigenvalue weighted by Gasteiger charge is -2.57. The van der Waals surface area contributed by atoms with Gasteiger partial charge >= 0.3 is 0 Å². The van der Waals surface area contributed by atoms with Crippen molar-refractivity contribution in [2.45, 2.75) is 43.9 Å². The summed E-state index contributed by atoms with van der Waals surface area (Å²) in [7, 11) is 0. The molecule has 5 aliphatic rings. The van der Waals surface area contributed by atoms with Crippen LogP contribution in [-0.4, -0.2) is 19.3 Å². The zero-order valence-corrected chi connectivity index (χ0v) is 17.1. The van der Waals surface area contributed by atoms with Crippen molar-refractivity contribution < 1.29 is 19.0 Å². The first kappa shape index (κ1) is 18.1. The molecule has 4 aliphatic carbocycles. The maximum atomic E-state index is 12.3. The van der Waals surface area contributed by atoms with Gasteiger partial charge in [-0.3, -0.25) is 4.79 Å². The fourth-order valence-electron chi connectivity index (χ4n) is 6.69. The first-order valence-electron chi connectivity index (χ1n) is 11.1. The number of carbonyl (C=O) groups is 1. The second-order valence-corrected chi connectivity index (χ2v) is 9.63. The molecular weight excluding hydrogens is 378 g/mol. The van der Waals surface area contributed by atoms with E-state index in [4.69, 9.17) is 14.2 Å². The van der Waals surface area contributed by atoms with Crippen LogP contribution in [0.2, 0.25) is 0 Å². The zero-order valence-electron chi connectivity index (χ0n) is 17.1. The Labute approximate surface area is 176 Å². The minimum atomic E-state index is -0.195. The number of amides is 1. The van der Waals surface area contributed by atoms with Crippen LogP contribution in [0.5, 0.6) is 17.2 Å². The van der Waals surface area contributed by atoms with Gasteiger partial charge in [0.2, 0.25) is 6.79 Å². The third-order valence-corrected chi connectivity index (χ3v) is 7.53. The van der Waals surface area contributed by atoms with Gasteiger partial charge in [-0.15, -0.1) is 0 Å². The fourth-order valence-corrected chi connectivity index (χ4v) is 6.69. The average molecular weight is 405 g/mol. The first-order valence-corrected chi connectivity index (χ1v) is 11.1. The van der Waals surface area contributed by atoms with Crippen LogP contribution in [0.15, 0.2) is 42.5 Å². The van der Waals surface area contributed by atoms with Crippen molar-refractivity contribution in [1.82, 2.24) is 0 Å². The van der Waals surface area contributed by atoms with E-state index in [1.165, 1.54) is 44.1 Å². The Morgan fingerprint density at radius 1 is 0.933 bits per heavy atom. The predicted molar refractivity (Wildman–Crippen MR) is 113 cm³/mol. The molecule has 1 heterocycles. The molecule has 0 unspecified atom stereocenters. The molecule has 0 spiro atoms. The summed E-state index contributed by atoms with van der Waals surface area (Å²) in [5.41, 5.74) is 2.54. The molecule has 2 aromatic carbocycles. The SMILES string of the molecule is O=C(COc1ccc(C23CC4CC(CC(C4)C2)C3)cc1)Nc1ccc2c(c1)OCO2. The van der Waals surface area contributed by atoms with Crippen LogP contribution in [0.1, 0.15) is 44.1 Å². The Morgan fingerprint density at radius 3 is 2.30 bits per heavy atom. The third kappa shape index (κ3) is 3.21. The molecule has 30 heavy (non-hydrogen) atoms. The minimum Gasteiger partial charge on any atom is -0.484 e. The van der Waals surface area contributed by atoms with E-state index in [1.807, 2.05) is 12.1 Å². The molecule has 1 N–H and O–H groups in total. The molecule has 1 amide bonds. The molecule has 2 aromatic rings. The van der Waals surface area contributed by atoms with Crippen LogP contribution < -0.4 is 19.5 Å². The van der Waals surface area contributed by atoms with Gasteiger partial charge < -0.3 is 19.5 Å².